The van der Waals surface area contributed by atoms with E-state index in [-0.39, 0.29) is 5.70 Å². The summed E-state index contributed by atoms with van der Waals surface area (Å²) in [6.45, 7) is 1.96. The first-order valence-electron chi connectivity index (χ1n) is 3.65. The fraction of sp³-hybridized carbons (Fsp3) is 0.222. The lowest BCUT2D eigenvalue weighted by molar-refractivity contribution is 0.566. The third-order valence-corrected chi connectivity index (χ3v) is 1.61. The van der Waals surface area contributed by atoms with Gasteiger partial charge in [-0.05, 0) is 18.6 Å². The Morgan fingerprint density at radius 1 is 1.58 bits per heavy atom. The molecule has 1 heterocycles. The maximum atomic E-state index is 10.3. The smallest absolute Gasteiger partial charge is 0.151 e. The Morgan fingerprint density at radius 2 is 2.33 bits per heavy atom. The molecule has 12 heavy (non-hydrogen) atoms. The maximum Gasteiger partial charge on any atom is 0.151 e. The molecule has 1 rings (SSSR count). The quantitative estimate of drug-likeness (QED) is 0.583. The third-order valence-electron chi connectivity index (χ3n) is 1.61. The molecule has 0 bridgehead atoms. The van der Waals surface area contributed by atoms with Gasteiger partial charge in [-0.15, -0.1) is 0 Å². The van der Waals surface area contributed by atoms with Crippen molar-refractivity contribution in [2.24, 2.45) is 0 Å². The van der Waals surface area contributed by atoms with E-state index in [0.717, 1.165) is 12.1 Å². The van der Waals surface area contributed by atoms with Gasteiger partial charge >= 0.3 is 0 Å². The van der Waals surface area contributed by atoms with E-state index < -0.39 is 0 Å². The van der Waals surface area contributed by atoms with Gasteiger partial charge in [0.05, 0.1) is 5.57 Å². The summed E-state index contributed by atoms with van der Waals surface area (Å²) in [7, 11) is 0. The van der Waals surface area contributed by atoms with Crippen LogP contribution in [0, 0.1) is 11.3 Å². The van der Waals surface area contributed by atoms with Gasteiger partial charge in [0, 0.05) is 5.70 Å². The maximum absolute atomic E-state index is 10.3. The van der Waals surface area contributed by atoms with Gasteiger partial charge < -0.3 is 5.32 Å². The van der Waals surface area contributed by atoms with E-state index in [1.807, 2.05) is 13.0 Å². The summed E-state index contributed by atoms with van der Waals surface area (Å²) in [4.78, 5) is 10.3. The number of hydrogen-bond donors (Lipinski definition) is 1. The second-order valence-electron chi connectivity index (χ2n) is 2.34. The fourth-order valence-corrected chi connectivity index (χ4v) is 0.917. The second-order valence-corrected chi connectivity index (χ2v) is 2.34. The zero-order chi connectivity index (χ0) is 8.97. The monoisotopic (exact) mass is 160 g/mol. The number of nitriles is 1. The largest absolute Gasteiger partial charge is 0.349 e. The molecule has 1 aliphatic heterocycles. The van der Waals surface area contributed by atoms with Gasteiger partial charge in [0.25, 0.3) is 0 Å². The van der Waals surface area contributed by atoms with Crippen LogP contribution in [0.3, 0.4) is 0 Å². The predicted molar refractivity (Wildman–Crippen MR) is 44.4 cm³/mol. The van der Waals surface area contributed by atoms with Crippen LogP contribution >= 0.6 is 0 Å². The zero-order valence-corrected chi connectivity index (χ0v) is 6.72. The van der Waals surface area contributed by atoms with Crippen LogP contribution in [0.25, 0.3) is 0 Å². The van der Waals surface area contributed by atoms with E-state index in [2.05, 4.69) is 5.32 Å². The number of hydrogen-bond acceptors (Lipinski definition) is 3. The minimum Gasteiger partial charge on any atom is -0.349 e. The van der Waals surface area contributed by atoms with Crippen molar-refractivity contribution in [3.8, 4) is 6.07 Å². The average molecular weight is 160 g/mol. The summed E-state index contributed by atoms with van der Waals surface area (Å²) in [5, 5.41) is 11.4. The molecule has 1 N–H and O–H groups in total. The van der Waals surface area contributed by atoms with E-state index >= 15 is 0 Å². The van der Waals surface area contributed by atoms with Crippen LogP contribution in [0.1, 0.15) is 13.3 Å². The van der Waals surface area contributed by atoms with Crippen LogP contribution in [-0.4, -0.2) is 5.94 Å². The molecule has 0 unspecified atom stereocenters. The van der Waals surface area contributed by atoms with Gasteiger partial charge in [0.2, 0.25) is 0 Å². The zero-order valence-electron chi connectivity index (χ0n) is 6.72. The molecule has 0 atom stereocenters. The molecule has 0 aromatic carbocycles. The van der Waals surface area contributed by atoms with E-state index in [1.54, 1.807) is 18.1 Å². The van der Waals surface area contributed by atoms with Crippen molar-refractivity contribution < 1.29 is 4.79 Å². The van der Waals surface area contributed by atoms with Gasteiger partial charge in [-0.2, -0.15) is 5.26 Å². The Hall–Kier alpha value is -1.78. The molecular weight excluding hydrogens is 152 g/mol. The molecule has 0 aliphatic carbocycles. The van der Waals surface area contributed by atoms with Crippen molar-refractivity contribution in [1.29, 1.82) is 5.26 Å². The number of rotatable bonds is 1. The first-order chi connectivity index (χ1) is 5.81. The summed E-state index contributed by atoms with van der Waals surface area (Å²) >= 11 is 0. The Labute approximate surface area is 70.7 Å². The minimum absolute atomic E-state index is 0.233. The van der Waals surface area contributed by atoms with Crippen LogP contribution in [0.2, 0.25) is 0 Å². The summed E-state index contributed by atoms with van der Waals surface area (Å²) in [6, 6.07) is 1.90. The van der Waals surface area contributed by atoms with E-state index in [1.165, 1.54) is 0 Å². The Morgan fingerprint density at radius 3 is 2.83 bits per heavy atom. The Kier molecular flexibility index (Phi) is 2.47. The molecule has 3 heteroatoms. The van der Waals surface area contributed by atoms with Crippen LogP contribution in [-0.2, 0) is 4.79 Å². The van der Waals surface area contributed by atoms with Crippen LogP contribution in [0.5, 0.6) is 0 Å². The average Bonchev–Trinajstić information content (AvgIpc) is 2.16. The molecule has 0 saturated heterocycles. The lowest BCUT2D eigenvalue weighted by atomic mass is 10.1. The molecular formula is C9H8N2O. The van der Waals surface area contributed by atoms with E-state index in [0.29, 0.717) is 5.57 Å². The Balaban J connectivity index is 3.03. The summed E-state index contributed by atoms with van der Waals surface area (Å²) in [5.74, 6) is 1.69. The van der Waals surface area contributed by atoms with Crippen molar-refractivity contribution in [2.45, 2.75) is 13.3 Å². The normalized spacial score (nSPS) is 15.2. The topological polar surface area (TPSA) is 52.9 Å². The summed E-state index contributed by atoms with van der Waals surface area (Å²) in [5.41, 5.74) is 1.49. The lowest BCUT2D eigenvalue weighted by Gasteiger charge is -2.12. The van der Waals surface area contributed by atoms with Crippen LogP contribution < -0.4 is 5.32 Å². The SMILES string of the molecule is CCC1=CC=C(C#N)C(=C=O)N1. The molecule has 60 valence electrons. The molecule has 1 aliphatic rings. The highest BCUT2D eigenvalue weighted by Crippen LogP contribution is 2.12. The number of carbonyl (C=O) groups excluding carboxylic acids is 1. The lowest BCUT2D eigenvalue weighted by Crippen LogP contribution is -2.17. The van der Waals surface area contributed by atoms with E-state index in [9.17, 15) is 4.79 Å². The molecule has 0 saturated carbocycles. The first kappa shape index (κ1) is 8.32. The third kappa shape index (κ3) is 1.45. The molecule has 0 aromatic rings. The second kappa shape index (κ2) is 3.56. The number of nitrogens with one attached hydrogen (secondary N) is 1. The Bertz CT molecular complexity index is 338. The van der Waals surface area contributed by atoms with Crippen molar-refractivity contribution in [2.75, 3.05) is 0 Å². The van der Waals surface area contributed by atoms with Gasteiger partial charge in [-0.3, -0.25) is 0 Å². The van der Waals surface area contributed by atoms with Crippen molar-refractivity contribution >= 4 is 5.94 Å². The van der Waals surface area contributed by atoms with Gasteiger partial charge in [0.15, 0.2) is 5.94 Å². The fourth-order valence-electron chi connectivity index (χ4n) is 0.917. The van der Waals surface area contributed by atoms with Gasteiger partial charge in [0.1, 0.15) is 11.8 Å². The first-order valence-corrected chi connectivity index (χ1v) is 3.65. The van der Waals surface area contributed by atoms with Gasteiger partial charge in [-0.1, -0.05) is 6.92 Å². The predicted octanol–water partition coefficient (Wildman–Crippen LogP) is 1.05. The van der Waals surface area contributed by atoms with Crippen molar-refractivity contribution in [3.05, 3.63) is 29.1 Å². The highest BCUT2D eigenvalue weighted by atomic mass is 16.1. The van der Waals surface area contributed by atoms with Crippen LogP contribution in [0.15, 0.2) is 29.1 Å². The minimum atomic E-state index is 0.233. The van der Waals surface area contributed by atoms with Crippen molar-refractivity contribution in [3.63, 3.8) is 0 Å². The molecule has 0 radical (unpaired) electrons. The number of dihydropyridines is 1. The standard InChI is InChI=1S/C9H8N2O/c1-2-8-4-3-7(5-10)9(6-12)11-8/h3-4,11H,2H2,1H3. The molecule has 3 nitrogen and oxygen atoms in total. The van der Waals surface area contributed by atoms with Crippen molar-refractivity contribution in [1.82, 2.24) is 5.32 Å². The summed E-state index contributed by atoms with van der Waals surface area (Å²) < 4.78 is 0. The summed E-state index contributed by atoms with van der Waals surface area (Å²) in [6.07, 6.45) is 4.22. The molecule has 0 aromatic heterocycles. The molecule has 0 spiro atoms. The highest BCUT2D eigenvalue weighted by molar-refractivity contribution is 5.66. The molecule has 0 amide bonds. The number of allylic oxidation sites excluding steroid dienone is 4. The number of nitrogens with zero attached hydrogens (tertiary/aromatic N) is 1. The molecule has 0 fully saturated rings. The van der Waals surface area contributed by atoms with Gasteiger partial charge in [-0.25, -0.2) is 4.79 Å². The highest BCUT2D eigenvalue weighted by Gasteiger charge is 2.10. The van der Waals surface area contributed by atoms with E-state index in [4.69, 9.17) is 5.26 Å². The van der Waals surface area contributed by atoms with Crippen LogP contribution in [0.4, 0.5) is 0 Å².